The van der Waals surface area contributed by atoms with Gasteiger partial charge in [0.05, 0.1) is 20.8 Å². The molecule has 2 aromatic carbocycles. The fourth-order valence-electron chi connectivity index (χ4n) is 3.49. The van der Waals surface area contributed by atoms with E-state index in [1.165, 1.54) is 12.1 Å². The van der Waals surface area contributed by atoms with E-state index in [1.54, 1.807) is 14.2 Å². The molecule has 10 heteroatoms. The highest BCUT2D eigenvalue weighted by molar-refractivity contribution is 5.92. The maximum atomic E-state index is 12.3. The summed E-state index contributed by atoms with van der Waals surface area (Å²) < 4.78 is 51.1. The fourth-order valence-corrected chi connectivity index (χ4v) is 3.49. The molecule has 1 aliphatic rings. The van der Waals surface area contributed by atoms with E-state index in [0.29, 0.717) is 17.2 Å². The highest BCUT2D eigenvalue weighted by Gasteiger charge is 2.31. The van der Waals surface area contributed by atoms with Crippen LogP contribution in [0.3, 0.4) is 0 Å². The monoisotopic (exact) mass is 453 g/mol. The number of hydrogen-bond acceptors (Lipinski definition) is 6. The van der Waals surface area contributed by atoms with Crippen LogP contribution in [0.5, 0.6) is 17.2 Å². The zero-order valence-electron chi connectivity index (χ0n) is 17.9. The average Bonchev–Trinajstić information content (AvgIpc) is 2.75. The van der Waals surface area contributed by atoms with Crippen molar-refractivity contribution in [1.82, 2.24) is 9.80 Å². The summed E-state index contributed by atoms with van der Waals surface area (Å²) in [5, 5.41) is 2.70. The third-order valence-electron chi connectivity index (χ3n) is 5.06. The number of ether oxygens (including phenoxy) is 3. The largest absolute Gasteiger partial charge is 0.573 e. The Labute approximate surface area is 184 Å². The van der Waals surface area contributed by atoms with Gasteiger partial charge in [-0.05, 0) is 42.0 Å². The van der Waals surface area contributed by atoms with Crippen molar-refractivity contribution in [3.8, 4) is 17.2 Å². The molecule has 1 N–H and O–H groups in total. The van der Waals surface area contributed by atoms with E-state index < -0.39 is 6.36 Å². The number of hydrogen-bond donors (Lipinski definition) is 1. The van der Waals surface area contributed by atoms with Crippen LogP contribution >= 0.6 is 0 Å². The predicted octanol–water partition coefficient (Wildman–Crippen LogP) is 3.36. The van der Waals surface area contributed by atoms with Crippen molar-refractivity contribution >= 4 is 11.6 Å². The Hall–Kier alpha value is -2.98. The first-order valence-corrected chi connectivity index (χ1v) is 10.1. The standard InChI is InChI=1S/C22H26F3N3O4/c1-30-19-8-3-16(13-20(19)31-2)14-27-9-11-28(12-10-27)15-21(29)26-17-4-6-18(7-5-17)32-22(23,24)25/h3-8,13H,9-12,14-15H2,1-2H3,(H,26,29). The van der Waals surface area contributed by atoms with Gasteiger partial charge in [-0.1, -0.05) is 6.07 Å². The molecular formula is C22H26F3N3O4. The number of amides is 1. The molecule has 3 rings (SSSR count). The summed E-state index contributed by atoms with van der Waals surface area (Å²) in [6.45, 7) is 4.08. The Morgan fingerprint density at radius 3 is 2.16 bits per heavy atom. The minimum atomic E-state index is -4.74. The van der Waals surface area contributed by atoms with E-state index in [-0.39, 0.29) is 18.2 Å². The second-order valence-electron chi connectivity index (χ2n) is 7.36. The molecule has 1 fully saturated rings. The molecule has 0 aromatic heterocycles. The third-order valence-corrected chi connectivity index (χ3v) is 5.06. The molecule has 0 spiro atoms. The van der Waals surface area contributed by atoms with Crippen LogP contribution in [-0.4, -0.2) is 69.0 Å². The number of carbonyl (C=O) groups is 1. The quantitative estimate of drug-likeness (QED) is 0.662. The number of piperazine rings is 1. The van der Waals surface area contributed by atoms with E-state index >= 15 is 0 Å². The van der Waals surface area contributed by atoms with Crippen LogP contribution in [0.15, 0.2) is 42.5 Å². The first-order valence-electron chi connectivity index (χ1n) is 10.1. The Morgan fingerprint density at radius 1 is 0.938 bits per heavy atom. The number of carbonyl (C=O) groups excluding carboxylic acids is 1. The molecule has 0 aliphatic carbocycles. The van der Waals surface area contributed by atoms with Crippen LogP contribution in [0.25, 0.3) is 0 Å². The molecular weight excluding hydrogens is 427 g/mol. The molecule has 32 heavy (non-hydrogen) atoms. The zero-order chi connectivity index (χ0) is 23.1. The topological polar surface area (TPSA) is 63.3 Å². The van der Waals surface area contributed by atoms with Crippen molar-refractivity contribution in [2.24, 2.45) is 0 Å². The highest BCUT2D eigenvalue weighted by Crippen LogP contribution is 2.28. The number of alkyl halides is 3. The summed E-state index contributed by atoms with van der Waals surface area (Å²) >= 11 is 0. The minimum absolute atomic E-state index is 0.213. The number of nitrogens with zero attached hydrogens (tertiary/aromatic N) is 2. The summed E-state index contributed by atoms with van der Waals surface area (Å²) in [6.07, 6.45) is -4.74. The maximum Gasteiger partial charge on any atom is 0.573 e. The van der Waals surface area contributed by atoms with E-state index in [0.717, 1.165) is 50.4 Å². The number of rotatable bonds is 8. The van der Waals surface area contributed by atoms with Gasteiger partial charge in [-0.2, -0.15) is 0 Å². The number of benzene rings is 2. The highest BCUT2D eigenvalue weighted by atomic mass is 19.4. The van der Waals surface area contributed by atoms with Crippen LogP contribution < -0.4 is 19.5 Å². The molecule has 0 atom stereocenters. The van der Waals surface area contributed by atoms with Crippen molar-refractivity contribution < 1.29 is 32.2 Å². The molecule has 1 aliphatic heterocycles. The summed E-state index contributed by atoms with van der Waals surface area (Å²) in [5.41, 5.74) is 1.53. The van der Waals surface area contributed by atoms with Gasteiger partial charge in [0.15, 0.2) is 11.5 Å². The summed E-state index contributed by atoms with van der Waals surface area (Å²) in [5.74, 6) is 0.830. The van der Waals surface area contributed by atoms with Crippen molar-refractivity contribution in [2.45, 2.75) is 12.9 Å². The lowest BCUT2D eigenvalue weighted by Gasteiger charge is -2.34. The number of methoxy groups -OCH3 is 2. The first-order chi connectivity index (χ1) is 15.3. The van der Waals surface area contributed by atoms with Crippen LogP contribution in [-0.2, 0) is 11.3 Å². The summed E-state index contributed by atoms with van der Waals surface area (Å²) in [4.78, 5) is 16.6. The van der Waals surface area contributed by atoms with Gasteiger partial charge in [0.25, 0.3) is 0 Å². The van der Waals surface area contributed by atoms with E-state index in [9.17, 15) is 18.0 Å². The van der Waals surface area contributed by atoms with Gasteiger partial charge in [-0.15, -0.1) is 13.2 Å². The molecule has 7 nitrogen and oxygen atoms in total. The predicted molar refractivity (Wildman–Crippen MR) is 113 cm³/mol. The van der Waals surface area contributed by atoms with Crippen molar-refractivity contribution in [1.29, 1.82) is 0 Å². The lowest BCUT2D eigenvalue weighted by molar-refractivity contribution is -0.274. The van der Waals surface area contributed by atoms with Gasteiger partial charge < -0.3 is 19.5 Å². The Bertz CT molecular complexity index is 898. The third kappa shape index (κ3) is 7.03. The molecule has 0 radical (unpaired) electrons. The number of nitrogens with one attached hydrogen (secondary N) is 1. The van der Waals surface area contributed by atoms with Crippen molar-refractivity contribution in [3.05, 3.63) is 48.0 Å². The lowest BCUT2D eigenvalue weighted by Crippen LogP contribution is -2.48. The average molecular weight is 453 g/mol. The second kappa shape index (κ2) is 10.6. The Kier molecular flexibility index (Phi) is 7.81. The van der Waals surface area contributed by atoms with Crippen molar-refractivity contribution in [3.63, 3.8) is 0 Å². The molecule has 1 saturated heterocycles. The van der Waals surface area contributed by atoms with Crippen LogP contribution in [0.4, 0.5) is 18.9 Å². The van der Waals surface area contributed by atoms with Gasteiger partial charge in [0, 0.05) is 38.4 Å². The lowest BCUT2D eigenvalue weighted by atomic mass is 10.1. The Morgan fingerprint density at radius 2 is 1.56 bits per heavy atom. The first kappa shape index (κ1) is 23.7. The fraction of sp³-hybridized carbons (Fsp3) is 0.409. The zero-order valence-corrected chi connectivity index (χ0v) is 17.9. The van der Waals surface area contributed by atoms with E-state index in [2.05, 4.69) is 15.0 Å². The van der Waals surface area contributed by atoms with Crippen LogP contribution in [0.2, 0.25) is 0 Å². The van der Waals surface area contributed by atoms with Gasteiger partial charge >= 0.3 is 6.36 Å². The molecule has 1 amide bonds. The molecule has 0 unspecified atom stereocenters. The molecule has 2 aromatic rings. The number of anilines is 1. The maximum absolute atomic E-state index is 12.3. The van der Waals surface area contributed by atoms with Gasteiger partial charge in [-0.3, -0.25) is 14.6 Å². The van der Waals surface area contributed by atoms with Gasteiger partial charge in [0.1, 0.15) is 5.75 Å². The van der Waals surface area contributed by atoms with E-state index in [1.807, 2.05) is 23.1 Å². The van der Waals surface area contributed by atoms with Gasteiger partial charge in [0.2, 0.25) is 5.91 Å². The number of halogens is 3. The summed E-state index contributed by atoms with van der Waals surface area (Å²) in [6, 6.07) is 10.9. The SMILES string of the molecule is COc1ccc(CN2CCN(CC(=O)Nc3ccc(OC(F)(F)F)cc3)CC2)cc1OC. The smallest absolute Gasteiger partial charge is 0.493 e. The van der Waals surface area contributed by atoms with Crippen LogP contribution in [0, 0.1) is 0 Å². The van der Waals surface area contributed by atoms with Gasteiger partial charge in [-0.25, -0.2) is 0 Å². The minimum Gasteiger partial charge on any atom is -0.493 e. The van der Waals surface area contributed by atoms with E-state index in [4.69, 9.17) is 9.47 Å². The van der Waals surface area contributed by atoms with Crippen molar-refractivity contribution in [2.75, 3.05) is 52.3 Å². The second-order valence-corrected chi connectivity index (χ2v) is 7.36. The van der Waals surface area contributed by atoms with Crippen LogP contribution in [0.1, 0.15) is 5.56 Å². The molecule has 1 heterocycles. The normalized spacial score (nSPS) is 15.3. The molecule has 174 valence electrons. The molecule has 0 bridgehead atoms. The molecule has 0 saturated carbocycles. The summed E-state index contributed by atoms with van der Waals surface area (Å²) in [7, 11) is 3.21. The Balaban J connectivity index is 1.43.